The van der Waals surface area contributed by atoms with Crippen LogP contribution in [-0.4, -0.2) is 34.5 Å². The highest BCUT2D eigenvalue weighted by Crippen LogP contribution is 2.21. The molecule has 0 aliphatic rings. The maximum absolute atomic E-state index is 12.2. The summed E-state index contributed by atoms with van der Waals surface area (Å²) in [5.41, 5.74) is 0. The fraction of sp³-hybridized carbons (Fsp3) is 0.750. The van der Waals surface area contributed by atoms with Gasteiger partial charge in [-0.15, -0.1) is 5.10 Å². The maximum Gasteiger partial charge on any atom is 0.406 e. The summed E-state index contributed by atoms with van der Waals surface area (Å²) < 4.78 is 38.5. The van der Waals surface area contributed by atoms with E-state index in [4.69, 9.17) is 12.2 Å². The van der Waals surface area contributed by atoms with Crippen molar-refractivity contribution >= 4 is 18.2 Å². The highest BCUT2D eigenvalue weighted by Gasteiger charge is 2.31. The number of aromatic nitrogens is 3. The predicted octanol–water partition coefficient (Wildman–Crippen LogP) is 2.52. The number of hydrogen-bond acceptors (Lipinski definition) is 3. The first-order valence-electron chi connectivity index (χ1n) is 4.67. The van der Waals surface area contributed by atoms with Crippen molar-refractivity contribution in [2.24, 2.45) is 0 Å². The van der Waals surface area contributed by atoms with Crippen molar-refractivity contribution in [1.29, 1.82) is 0 Å². The Bertz CT molecular complexity index is 406. The first kappa shape index (κ1) is 13.0. The number of alkyl halides is 3. The van der Waals surface area contributed by atoms with E-state index in [0.29, 0.717) is 4.77 Å². The van der Waals surface area contributed by atoms with Crippen molar-refractivity contribution in [1.82, 2.24) is 14.8 Å². The monoisotopic (exact) mass is 254 g/mol. The Morgan fingerprint density at radius 1 is 1.50 bits per heavy atom. The van der Waals surface area contributed by atoms with Crippen LogP contribution in [-0.2, 0) is 0 Å². The van der Waals surface area contributed by atoms with Gasteiger partial charge in [-0.1, -0.05) is 0 Å². The molecule has 1 heterocycles. The zero-order valence-corrected chi connectivity index (χ0v) is 9.98. The van der Waals surface area contributed by atoms with Crippen molar-refractivity contribution in [3.8, 4) is 0 Å². The van der Waals surface area contributed by atoms with Crippen molar-refractivity contribution in [2.75, 3.05) is 18.5 Å². The fourth-order valence-corrected chi connectivity index (χ4v) is 1.71. The summed E-state index contributed by atoms with van der Waals surface area (Å²) >= 11 is 4.95. The Labute approximate surface area is 96.1 Å². The minimum atomic E-state index is -4.26. The van der Waals surface area contributed by atoms with E-state index in [9.17, 15) is 13.2 Å². The summed E-state index contributed by atoms with van der Waals surface area (Å²) in [6.45, 7) is 2.60. The minimum Gasteiger partial charge on any atom is -0.335 e. The van der Waals surface area contributed by atoms with Gasteiger partial charge in [0.15, 0.2) is 4.77 Å². The second-order valence-corrected chi connectivity index (χ2v) is 4.15. The summed E-state index contributed by atoms with van der Waals surface area (Å²) in [7, 11) is 1.33. The second-order valence-electron chi connectivity index (χ2n) is 3.76. The van der Waals surface area contributed by atoms with Crippen LogP contribution < -0.4 is 4.90 Å². The van der Waals surface area contributed by atoms with E-state index < -0.39 is 12.7 Å². The van der Waals surface area contributed by atoms with Gasteiger partial charge in [0.1, 0.15) is 6.54 Å². The highest BCUT2D eigenvalue weighted by molar-refractivity contribution is 7.71. The molecule has 0 radical (unpaired) electrons. The molecule has 4 nitrogen and oxygen atoms in total. The number of rotatable bonds is 3. The van der Waals surface area contributed by atoms with Crippen molar-refractivity contribution in [3.63, 3.8) is 0 Å². The predicted molar refractivity (Wildman–Crippen MR) is 57.1 cm³/mol. The lowest BCUT2D eigenvalue weighted by Crippen LogP contribution is -2.33. The number of nitrogens with one attached hydrogen (secondary N) is 1. The molecular weight excluding hydrogens is 241 g/mol. The molecule has 8 heteroatoms. The van der Waals surface area contributed by atoms with Crippen molar-refractivity contribution < 1.29 is 13.2 Å². The number of halogens is 3. The number of anilines is 1. The lowest BCUT2D eigenvalue weighted by Gasteiger charge is -2.21. The van der Waals surface area contributed by atoms with Gasteiger partial charge in [0.25, 0.3) is 0 Å². The van der Waals surface area contributed by atoms with Gasteiger partial charge < -0.3 is 4.90 Å². The smallest absolute Gasteiger partial charge is 0.335 e. The molecule has 1 aromatic rings. The van der Waals surface area contributed by atoms with Crippen LogP contribution in [0.1, 0.15) is 19.9 Å². The number of H-pyrrole nitrogens is 1. The SMILES string of the molecule is CC(C)n1c(N(C)CC(F)(F)F)n[nH]c1=S. The summed E-state index contributed by atoms with van der Waals surface area (Å²) in [6.07, 6.45) is -4.26. The van der Waals surface area contributed by atoms with Gasteiger partial charge in [-0.05, 0) is 26.1 Å². The van der Waals surface area contributed by atoms with Gasteiger partial charge in [0.2, 0.25) is 5.95 Å². The van der Waals surface area contributed by atoms with E-state index in [1.54, 1.807) is 4.57 Å². The lowest BCUT2D eigenvalue weighted by molar-refractivity contribution is -0.119. The molecule has 0 fully saturated rings. The van der Waals surface area contributed by atoms with E-state index in [-0.39, 0.29) is 12.0 Å². The van der Waals surface area contributed by atoms with Crippen LogP contribution in [0.2, 0.25) is 0 Å². The molecule has 1 N–H and O–H groups in total. The Kier molecular flexibility index (Phi) is 3.61. The number of nitrogens with zero attached hydrogens (tertiary/aromatic N) is 3. The van der Waals surface area contributed by atoms with Crippen LogP contribution >= 0.6 is 12.2 Å². The Balaban J connectivity index is 3.00. The van der Waals surface area contributed by atoms with Gasteiger partial charge in [0.05, 0.1) is 0 Å². The minimum absolute atomic E-state index is 0.0445. The quantitative estimate of drug-likeness (QED) is 0.842. The van der Waals surface area contributed by atoms with Crippen LogP contribution in [0, 0.1) is 4.77 Å². The number of hydrogen-bond donors (Lipinski definition) is 1. The van der Waals surface area contributed by atoms with Crippen LogP contribution in [0.5, 0.6) is 0 Å². The van der Waals surface area contributed by atoms with E-state index in [1.165, 1.54) is 7.05 Å². The first-order valence-corrected chi connectivity index (χ1v) is 5.08. The standard InChI is InChI=1S/C8H13F3N4S/c1-5(2)15-6(12-13-7(15)16)14(3)4-8(9,10)11/h5H,4H2,1-3H3,(H,13,16). The summed E-state index contributed by atoms with van der Waals surface area (Å²) in [5.74, 6) is 0.192. The lowest BCUT2D eigenvalue weighted by atomic mass is 10.4. The molecule has 0 atom stereocenters. The molecule has 0 saturated heterocycles. The molecule has 16 heavy (non-hydrogen) atoms. The van der Waals surface area contributed by atoms with Gasteiger partial charge in [-0.25, -0.2) is 5.10 Å². The topological polar surface area (TPSA) is 36.9 Å². The molecule has 0 saturated carbocycles. The Morgan fingerprint density at radius 2 is 2.06 bits per heavy atom. The molecule has 0 unspecified atom stereocenters. The molecular formula is C8H13F3N4S. The van der Waals surface area contributed by atoms with Crippen molar-refractivity contribution in [3.05, 3.63) is 4.77 Å². The molecule has 0 aromatic carbocycles. The largest absolute Gasteiger partial charge is 0.406 e. The average Bonchev–Trinajstić information content (AvgIpc) is 2.43. The van der Waals surface area contributed by atoms with E-state index in [2.05, 4.69) is 10.2 Å². The molecule has 1 rings (SSSR count). The Hall–Kier alpha value is -1.05. The maximum atomic E-state index is 12.2. The second kappa shape index (κ2) is 4.44. The molecule has 0 aliphatic heterocycles. The first-order chi connectivity index (χ1) is 7.22. The average molecular weight is 254 g/mol. The van der Waals surface area contributed by atoms with Crippen LogP contribution in [0.15, 0.2) is 0 Å². The summed E-state index contributed by atoms with van der Waals surface area (Å²) in [6, 6.07) is -0.0445. The Morgan fingerprint density at radius 3 is 2.50 bits per heavy atom. The third-order valence-electron chi connectivity index (χ3n) is 1.96. The molecule has 0 bridgehead atoms. The third-order valence-corrected chi connectivity index (χ3v) is 2.25. The van der Waals surface area contributed by atoms with Gasteiger partial charge in [-0.2, -0.15) is 13.2 Å². The normalized spacial score (nSPS) is 12.2. The molecule has 0 aliphatic carbocycles. The molecule has 92 valence electrons. The highest BCUT2D eigenvalue weighted by atomic mass is 32.1. The van der Waals surface area contributed by atoms with Crippen LogP contribution in [0.3, 0.4) is 0 Å². The zero-order valence-electron chi connectivity index (χ0n) is 9.17. The van der Waals surface area contributed by atoms with Gasteiger partial charge in [-0.3, -0.25) is 4.57 Å². The van der Waals surface area contributed by atoms with Crippen LogP contribution in [0.4, 0.5) is 19.1 Å². The summed E-state index contributed by atoms with van der Waals surface area (Å²) in [5, 5.41) is 6.28. The van der Waals surface area contributed by atoms with Gasteiger partial charge >= 0.3 is 6.18 Å². The van der Waals surface area contributed by atoms with Crippen LogP contribution in [0.25, 0.3) is 0 Å². The zero-order chi connectivity index (χ0) is 12.5. The molecule has 0 amide bonds. The molecule has 1 aromatic heterocycles. The third kappa shape index (κ3) is 2.97. The van der Waals surface area contributed by atoms with E-state index >= 15 is 0 Å². The fourth-order valence-electron chi connectivity index (χ4n) is 1.37. The van der Waals surface area contributed by atoms with Gasteiger partial charge in [0, 0.05) is 13.1 Å². The van der Waals surface area contributed by atoms with E-state index in [0.717, 1.165) is 4.90 Å². The van der Waals surface area contributed by atoms with Crippen molar-refractivity contribution in [2.45, 2.75) is 26.1 Å². The van der Waals surface area contributed by atoms with E-state index in [1.807, 2.05) is 13.8 Å². The molecule has 0 spiro atoms. The number of aromatic amines is 1. The summed E-state index contributed by atoms with van der Waals surface area (Å²) in [4.78, 5) is 1.02.